The van der Waals surface area contributed by atoms with Crippen LogP contribution in [0.25, 0.3) is 17.3 Å². The first-order valence-electron chi connectivity index (χ1n) is 7.38. The number of aromatic nitrogens is 1. The van der Waals surface area contributed by atoms with Crippen molar-refractivity contribution in [2.75, 3.05) is 5.32 Å². The molecule has 1 aromatic heterocycles. The third-order valence-corrected chi connectivity index (χ3v) is 4.50. The molecule has 5 heteroatoms. The summed E-state index contributed by atoms with van der Waals surface area (Å²) in [5, 5.41) is 5.88. The van der Waals surface area contributed by atoms with E-state index in [2.05, 4.69) is 10.3 Å². The summed E-state index contributed by atoms with van der Waals surface area (Å²) >= 11 is 7.46. The van der Waals surface area contributed by atoms with Crippen molar-refractivity contribution in [1.82, 2.24) is 4.98 Å². The van der Waals surface area contributed by atoms with Gasteiger partial charge in [-0.05, 0) is 24.6 Å². The van der Waals surface area contributed by atoms with Gasteiger partial charge < -0.3 is 0 Å². The summed E-state index contributed by atoms with van der Waals surface area (Å²) in [7, 11) is 0. The molecule has 0 aliphatic heterocycles. The van der Waals surface area contributed by atoms with Crippen LogP contribution < -0.4 is 5.32 Å². The number of thiazole rings is 1. The summed E-state index contributed by atoms with van der Waals surface area (Å²) in [6, 6.07) is 15.5. The van der Waals surface area contributed by atoms with Crippen molar-refractivity contribution in [1.29, 1.82) is 0 Å². The lowest BCUT2D eigenvalue weighted by Gasteiger charge is -1.99. The monoisotopic (exact) mass is 354 g/mol. The first-order valence-corrected chi connectivity index (χ1v) is 8.64. The topological polar surface area (TPSA) is 42.0 Å². The van der Waals surface area contributed by atoms with Gasteiger partial charge in [0.15, 0.2) is 5.13 Å². The second-order valence-corrected chi connectivity index (χ2v) is 6.51. The minimum absolute atomic E-state index is 0.236. The van der Waals surface area contributed by atoms with E-state index in [9.17, 15) is 4.79 Å². The van der Waals surface area contributed by atoms with Crippen LogP contribution in [0.15, 0.2) is 60.0 Å². The quantitative estimate of drug-likeness (QED) is 0.635. The van der Waals surface area contributed by atoms with E-state index in [1.807, 2.05) is 54.8 Å². The lowest BCUT2D eigenvalue weighted by atomic mass is 10.1. The third-order valence-electron chi connectivity index (χ3n) is 3.40. The molecule has 0 radical (unpaired) electrons. The Hall–Kier alpha value is -2.43. The Morgan fingerprint density at radius 2 is 1.92 bits per heavy atom. The molecule has 0 saturated heterocycles. The van der Waals surface area contributed by atoms with Crippen LogP contribution in [0.5, 0.6) is 0 Å². The van der Waals surface area contributed by atoms with Crippen molar-refractivity contribution in [2.45, 2.75) is 6.92 Å². The lowest BCUT2D eigenvalue weighted by molar-refractivity contribution is -0.111. The standard InChI is InChI=1S/C19H15ClN2OS/c1-13-6-8-15(9-7-13)17-12-24-19(21-17)22-18(23)11-10-14-4-2-3-5-16(14)20/h2-12H,1H3,(H,21,22,23). The predicted molar refractivity (Wildman–Crippen MR) is 101 cm³/mol. The first kappa shape index (κ1) is 16.4. The van der Waals surface area contributed by atoms with Gasteiger partial charge in [-0.25, -0.2) is 4.98 Å². The average molecular weight is 355 g/mol. The number of benzene rings is 2. The Kier molecular flexibility index (Phi) is 5.08. The Morgan fingerprint density at radius 1 is 1.17 bits per heavy atom. The SMILES string of the molecule is Cc1ccc(-c2csc(NC(=O)C=Cc3ccccc3Cl)n2)cc1. The lowest BCUT2D eigenvalue weighted by Crippen LogP contribution is -2.07. The van der Waals surface area contributed by atoms with Crippen LogP contribution in [0, 0.1) is 6.92 Å². The molecular formula is C19H15ClN2OS. The highest BCUT2D eigenvalue weighted by atomic mass is 35.5. The van der Waals surface area contributed by atoms with Gasteiger partial charge >= 0.3 is 0 Å². The molecule has 0 aliphatic rings. The number of carbonyl (C=O) groups excluding carboxylic acids is 1. The van der Waals surface area contributed by atoms with Gasteiger partial charge in [-0.15, -0.1) is 11.3 Å². The van der Waals surface area contributed by atoms with Crippen LogP contribution in [0.2, 0.25) is 5.02 Å². The summed E-state index contributed by atoms with van der Waals surface area (Å²) < 4.78 is 0. The predicted octanol–water partition coefficient (Wildman–Crippen LogP) is 5.42. The summed E-state index contributed by atoms with van der Waals surface area (Å²) in [4.78, 5) is 16.5. The Morgan fingerprint density at radius 3 is 2.67 bits per heavy atom. The fraction of sp³-hybridized carbons (Fsp3) is 0.0526. The molecule has 1 amide bonds. The fourth-order valence-corrected chi connectivity index (χ4v) is 3.03. The molecule has 120 valence electrons. The van der Waals surface area contributed by atoms with Gasteiger partial charge in [0.05, 0.1) is 5.69 Å². The molecule has 0 saturated carbocycles. The number of halogens is 1. The van der Waals surface area contributed by atoms with Gasteiger partial charge in [-0.3, -0.25) is 10.1 Å². The van der Waals surface area contributed by atoms with E-state index in [0.29, 0.717) is 10.2 Å². The zero-order chi connectivity index (χ0) is 16.9. The molecule has 0 fully saturated rings. The maximum Gasteiger partial charge on any atom is 0.250 e. The van der Waals surface area contributed by atoms with Gasteiger partial charge in [0.25, 0.3) is 0 Å². The number of hydrogen-bond donors (Lipinski definition) is 1. The van der Waals surface area contributed by atoms with E-state index < -0.39 is 0 Å². The van der Waals surface area contributed by atoms with Crippen molar-refractivity contribution >= 4 is 40.1 Å². The summed E-state index contributed by atoms with van der Waals surface area (Å²) in [6.45, 7) is 2.04. The Bertz CT molecular complexity index is 884. The average Bonchev–Trinajstić information content (AvgIpc) is 3.03. The van der Waals surface area contributed by atoms with Crippen molar-refractivity contribution in [3.63, 3.8) is 0 Å². The second kappa shape index (κ2) is 7.43. The molecule has 24 heavy (non-hydrogen) atoms. The van der Waals surface area contributed by atoms with Crippen LogP contribution in [0.1, 0.15) is 11.1 Å². The van der Waals surface area contributed by atoms with E-state index in [-0.39, 0.29) is 5.91 Å². The number of anilines is 1. The van der Waals surface area contributed by atoms with Crippen LogP contribution in [0.3, 0.4) is 0 Å². The number of nitrogens with zero attached hydrogens (tertiary/aromatic N) is 1. The van der Waals surface area contributed by atoms with E-state index in [1.54, 1.807) is 12.1 Å². The molecule has 0 aliphatic carbocycles. The van der Waals surface area contributed by atoms with Gasteiger partial charge in [-0.1, -0.05) is 59.6 Å². The maximum absolute atomic E-state index is 12.0. The van der Waals surface area contributed by atoms with Crippen molar-refractivity contribution < 1.29 is 4.79 Å². The summed E-state index contributed by atoms with van der Waals surface area (Å²) in [5.41, 5.74) is 3.88. The van der Waals surface area contributed by atoms with Gasteiger partial charge in [0.1, 0.15) is 0 Å². The second-order valence-electron chi connectivity index (χ2n) is 5.25. The highest BCUT2D eigenvalue weighted by molar-refractivity contribution is 7.14. The van der Waals surface area contributed by atoms with Crippen LogP contribution in [-0.4, -0.2) is 10.9 Å². The molecular weight excluding hydrogens is 340 g/mol. The van der Waals surface area contributed by atoms with Gasteiger partial charge in [0.2, 0.25) is 5.91 Å². The maximum atomic E-state index is 12.0. The van der Waals surface area contributed by atoms with Crippen molar-refractivity contribution in [3.05, 3.63) is 76.1 Å². The van der Waals surface area contributed by atoms with Gasteiger partial charge in [-0.2, -0.15) is 0 Å². The molecule has 2 aromatic carbocycles. The number of aryl methyl sites for hydroxylation is 1. The van der Waals surface area contributed by atoms with E-state index in [4.69, 9.17) is 11.6 Å². The Balaban J connectivity index is 1.67. The smallest absolute Gasteiger partial charge is 0.250 e. The normalized spacial score (nSPS) is 10.9. The Labute approximate surface area is 149 Å². The zero-order valence-electron chi connectivity index (χ0n) is 13.0. The minimum Gasteiger partial charge on any atom is -0.298 e. The fourth-order valence-electron chi connectivity index (χ4n) is 2.11. The number of rotatable bonds is 4. The number of amides is 1. The molecule has 0 bridgehead atoms. The number of nitrogens with one attached hydrogen (secondary N) is 1. The molecule has 3 rings (SSSR count). The molecule has 1 heterocycles. The molecule has 3 nitrogen and oxygen atoms in total. The summed E-state index contributed by atoms with van der Waals surface area (Å²) in [5.74, 6) is -0.236. The molecule has 0 unspecified atom stereocenters. The zero-order valence-corrected chi connectivity index (χ0v) is 14.6. The van der Waals surface area contributed by atoms with Crippen molar-refractivity contribution in [3.8, 4) is 11.3 Å². The van der Waals surface area contributed by atoms with E-state index in [1.165, 1.54) is 23.0 Å². The third kappa shape index (κ3) is 4.10. The highest BCUT2D eigenvalue weighted by Crippen LogP contribution is 2.25. The minimum atomic E-state index is -0.236. The van der Waals surface area contributed by atoms with Crippen LogP contribution in [0.4, 0.5) is 5.13 Å². The number of hydrogen-bond acceptors (Lipinski definition) is 3. The summed E-state index contributed by atoms with van der Waals surface area (Å²) in [6.07, 6.45) is 3.14. The highest BCUT2D eigenvalue weighted by Gasteiger charge is 2.06. The largest absolute Gasteiger partial charge is 0.298 e. The van der Waals surface area contributed by atoms with Gasteiger partial charge in [0, 0.05) is 22.0 Å². The molecule has 3 aromatic rings. The van der Waals surface area contributed by atoms with Crippen LogP contribution >= 0.6 is 22.9 Å². The van der Waals surface area contributed by atoms with E-state index >= 15 is 0 Å². The molecule has 1 N–H and O–H groups in total. The number of carbonyl (C=O) groups is 1. The molecule has 0 spiro atoms. The molecule has 0 atom stereocenters. The van der Waals surface area contributed by atoms with Crippen LogP contribution in [-0.2, 0) is 4.79 Å². The first-order chi connectivity index (χ1) is 11.6. The van der Waals surface area contributed by atoms with E-state index in [0.717, 1.165) is 16.8 Å². The van der Waals surface area contributed by atoms with Crippen molar-refractivity contribution in [2.24, 2.45) is 0 Å².